The molecule has 0 saturated carbocycles. The summed E-state index contributed by atoms with van der Waals surface area (Å²) in [6.07, 6.45) is 1.92. The van der Waals surface area contributed by atoms with Crippen molar-refractivity contribution in [3.8, 4) is 0 Å². The minimum atomic E-state index is -3.80. The van der Waals surface area contributed by atoms with Gasteiger partial charge in [-0.05, 0) is 49.1 Å². The van der Waals surface area contributed by atoms with Crippen LogP contribution in [0.1, 0.15) is 15.9 Å². The molecule has 140 valence electrons. The molecule has 2 aromatic rings. The third-order valence-corrected chi connectivity index (χ3v) is 5.78. The molecule has 0 bridgehead atoms. The van der Waals surface area contributed by atoms with Crippen molar-refractivity contribution in [2.45, 2.75) is 16.7 Å². The van der Waals surface area contributed by atoms with Crippen molar-refractivity contribution in [1.82, 2.24) is 5.32 Å². The first kappa shape index (κ1) is 20.3. The summed E-state index contributed by atoms with van der Waals surface area (Å²) in [5, 5.41) is 2.70. The smallest absolute Gasteiger partial charge is 0.261 e. The van der Waals surface area contributed by atoms with Crippen LogP contribution >= 0.6 is 11.8 Å². The fourth-order valence-corrected chi connectivity index (χ4v) is 3.81. The minimum absolute atomic E-state index is 0.0366. The van der Waals surface area contributed by atoms with Crippen molar-refractivity contribution in [1.29, 1.82) is 0 Å². The van der Waals surface area contributed by atoms with Crippen LogP contribution in [-0.4, -0.2) is 40.8 Å². The molecule has 0 fully saturated rings. The van der Waals surface area contributed by atoms with E-state index >= 15 is 0 Å². The molecule has 0 aliphatic rings. The Kier molecular flexibility index (Phi) is 7.07. The maximum absolute atomic E-state index is 12.7. The fourth-order valence-electron chi connectivity index (χ4n) is 2.28. The van der Waals surface area contributed by atoms with Crippen molar-refractivity contribution in [3.05, 3.63) is 53.6 Å². The summed E-state index contributed by atoms with van der Waals surface area (Å²) in [7, 11) is -2.26. The average Bonchev–Trinajstić information content (AvgIpc) is 2.61. The van der Waals surface area contributed by atoms with Crippen LogP contribution in [0.15, 0.2) is 52.3 Å². The maximum atomic E-state index is 12.7. The molecule has 6 nitrogen and oxygen atoms in total. The van der Waals surface area contributed by atoms with Gasteiger partial charge in [-0.3, -0.25) is 9.52 Å². The van der Waals surface area contributed by atoms with Crippen LogP contribution in [0.2, 0.25) is 0 Å². The predicted octanol–water partition coefficient (Wildman–Crippen LogP) is 2.89. The van der Waals surface area contributed by atoms with Crippen LogP contribution in [0.4, 0.5) is 5.69 Å². The van der Waals surface area contributed by atoms with Gasteiger partial charge in [-0.15, -0.1) is 11.8 Å². The number of rotatable bonds is 8. The zero-order valence-corrected chi connectivity index (χ0v) is 16.5. The SMILES string of the molecule is COCCNC(=O)c1cc(S(=O)(=O)Nc2cccc(SC)c2)ccc1C. The molecule has 2 rings (SSSR count). The van der Waals surface area contributed by atoms with Gasteiger partial charge in [-0.25, -0.2) is 8.42 Å². The van der Waals surface area contributed by atoms with Crippen molar-refractivity contribution in [2.75, 3.05) is 31.2 Å². The van der Waals surface area contributed by atoms with Crippen LogP contribution in [0.5, 0.6) is 0 Å². The summed E-state index contributed by atoms with van der Waals surface area (Å²) in [4.78, 5) is 13.3. The maximum Gasteiger partial charge on any atom is 0.261 e. The van der Waals surface area contributed by atoms with Gasteiger partial charge in [0.1, 0.15) is 0 Å². The van der Waals surface area contributed by atoms with Crippen LogP contribution in [0.25, 0.3) is 0 Å². The fraction of sp³-hybridized carbons (Fsp3) is 0.278. The largest absolute Gasteiger partial charge is 0.383 e. The molecule has 0 aromatic heterocycles. The third kappa shape index (κ3) is 5.23. The Balaban J connectivity index is 2.26. The molecule has 1 amide bonds. The van der Waals surface area contributed by atoms with Crippen LogP contribution < -0.4 is 10.0 Å². The quantitative estimate of drug-likeness (QED) is 0.531. The summed E-state index contributed by atoms with van der Waals surface area (Å²) in [5.41, 5.74) is 1.49. The van der Waals surface area contributed by atoms with Gasteiger partial charge >= 0.3 is 0 Å². The number of hydrogen-bond donors (Lipinski definition) is 2. The summed E-state index contributed by atoms with van der Waals surface area (Å²) in [6.45, 7) is 2.50. The molecule has 0 atom stereocenters. The van der Waals surface area contributed by atoms with E-state index in [4.69, 9.17) is 4.74 Å². The van der Waals surface area contributed by atoms with Crippen LogP contribution in [-0.2, 0) is 14.8 Å². The zero-order valence-electron chi connectivity index (χ0n) is 14.9. The van der Waals surface area contributed by atoms with Gasteiger partial charge in [0.2, 0.25) is 0 Å². The van der Waals surface area contributed by atoms with E-state index < -0.39 is 10.0 Å². The van der Waals surface area contributed by atoms with E-state index in [0.29, 0.717) is 30.0 Å². The normalized spacial score (nSPS) is 11.2. The number of sulfonamides is 1. The van der Waals surface area contributed by atoms with Gasteiger partial charge in [0.25, 0.3) is 15.9 Å². The number of carbonyl (C=O) groups is 1. The lowest BCUT2D eigenvalue weighted by Crippen LogP contribution is -2.28. The molecule has 0 aliphatic heterocycles. The van der Waals surface area contributed by atoms with E-state index in [0.717, 1.165) is 4.90 Å². The first-order valence-corrected chi connectivity index (χ1v) is 10.6. The van der Waals surface area contributed by atoms with E-state index in [1.54, 1.807) is 38.3 Å². The zero-order chi connectivity index (χ0) is 19.2. The summed E-state index contributed by atoms with van der Waals surface area (Å²) < 4.78 is 32.8. The van der Waals surface area contributed by atoms with Gasteiger partial charge < -0.3 is 10.1 Å². The Morgan fingerprint density at radius 1 is 1.19 bits per heavy atom. The number of thioether (sulfide) groups is 1. The van der Waals surface area contributed by atoms with Crippen LogP contribution in [0.3, 0.4) is 0 Å². The van der Waals surface area contributed by atoms with Gasteiger partial charge in [0.15, 0.2) is 0 Å². The van der Waals surface area contributed by atoms with Crippen molar-refractivity contribution >= 4 is 33.4 Å². The molecule has 0 saturated heterocycles. The van der Waals surface area contributed by atoms with Crippen molar-refractivity contribution < 1.29 is 17.9 Å². The number of amides is 1. The molecular formula is C18H22N2O4S2. The Bertz CT molecular complexity index is 883. The Morgan fingerprint density at radius 3 is 2.65 bits per heavy atom. The summed E-state index contributed by atoms with van der Waals surface area (Å²) in [5.74, 6) is -0.332. The molecule has 0 unspecified atom stereocenters. The Labute approximate surface area is 158 Å². The number of ether oxygens (including phenoxy) is 1. The first-order chi connectivity index (χ1) is 12.4. The molecule has 8 heteroatoms. The predicted molar refractivity (Wildman–Crippen MR) is 104 cm³/mol. The third-order valence-electron chi connectivity index (χ3n) is 3.68. The average molecular weight is 395 g/mol. The number of nitrogens with one attached hydrogen (secondary N) is 2. The highest BCUT2D eigenvalue weighted by Gasteiger charge is 2.18. The Morgan fingerprint density at radius 2 is 1.96 bits per heavy atom. The summed E-state index contributed by atoms with van der Waals surface area (Å²) >= 11 is 1.52. The number of anilines is 1. The number of benzene rings is 2. The van der Waals surface area contributed by atoms with Crippen molar-refractivity contribution in [2.24, 2.45) is 0 Å². The molecular weight excluding hydrogens is 372 g/mol. The van der Waals surface area contributed by atoms with Gasteiger partial charge in [-0.1, -0.05) is 12.1 Å². The first-order valence-electron chi connectivity index (χ1n) is 7.92. The number of carbonyl (C=O) groups excluding carboxylic acids is 1. The second-order valence-electron chi connectivity index (χ2n) is 5.56. The summed E-state index contributed by atoms with van der Waals surface area (Å²) in [6, 6.07) is 11.6. The van der Waals surface area contributed by atoms with Crippen LogP contribution in [0, 0.1) is 6.92 Å². The molecule has 2 N–H and O–H groups in total. The van der Waals surface area contributed by atoms with E-state index in [2.05, 4.69) is 10.0 Å². The lowest BCUT2D eigenvalue weighted by atomic mass is 10.1. The lowest BCUT2D eigenvalue weighted by molar-refractivity contribution is 0.0936. The Hall–Kier alpha value is -2.03. The van der Waals surface area contributed by atoms with E-state index in [-0.39, 0.29) is 10.8 Å². The van der Waals surface area contributed by atoms with E-state index in [9.17, 15) is 13.2 Å². The molecule has 0 aliphatic carbocycles. The van der Waals surface area contributed by atoms with Gasteiger partial charge in [0, 0.05) is 29.8 Å². The van der Waals surface area contributed by atoms with E-state index in [1.165, 1.54) is 23.9 Å². The minimum Gasteiger partial charge on any atom is -0.383 e. The molecule has 26 heavy (non-hydrogen) atoms. The molecule has 2 aromatic carbocycles. The van der Waals surface area contributed by atoms with Gasteiger partial charge in [0.05, 0.1) is 11.5 Å². The van der Waals surface area contributed by atoms with Gasteiger partial charge in [-0.2, -0.15) is 0 Å². The number of methoxy groups -OCH3 is 1. The number of hydrogen-bond acceptors (Lipinski definition) is 5. The molecule has 0 heterocycles. The second kappa shape index (κ2) is 9.07. The standard InChI is InChI=1S/C18H22N2O4S2/c1-13-7-8-16(12-17(13)18(21)19-9-10-24-2)26(22,23)20-14-5-4-6-15(11-14)25-3/h4-8,11-12,20H,9-10H2,1-3H3,(H,19,21). The highest BCUT2D eigenvalue weighted by atomic mass is 32.2. The monoisotopic (exact) mass is 394 g/mol. The highest BCUT2D eigenvalue weighted by molar-refractivity contribution is 7.98. The molecule has 0 radical (unpaired) electrons. The molecule has 0 spiro atoms. The van der Waals surface area contributed by atoms with E-state index in [1.807, 2.05) is 12.3 Å². The topological polar surface area (TPSA) is 84.5 Å². The number of aryl methyl sites for hydroxylation is 1. The highest BCUT2D eigenvalue weighted by Crippen LogP contribution is 2.23. The van der Waals surface area contributed by atoms with Crippen molar-refractivity contribution in [3.63, 3.8) is 0 Å². The lowest BCUT2D eigenvalue weighted by Gasteiger charge is -2.12. The second-order valence-corrected chi connectivity index (χ2v) is 8.12.